The van der Waals surface area contributed by atoms with Crippen molar-refractivity contribution < 1.29 is 23.7 Å². The van der Waals surface area contributed by atoms with Crippen LogP contribution >= 0.6 is 0 Å². The van der Waals surface area contributed by atoms with Gasteiger partial charge in [0, 0.05) is 6.54 Å². The maximum absolute atomic E-state index is 11.7. The number of alkyl carbamates (subject to hydrolysis) is 1. The molecular formula is C18H19NO5. The van der Waals surface area contributed by atoms with Gasteiger partial charge in [0.15, 0.2) is 11.5 Å². The zero-order valence-electron chi connectivity index (χ0n) is 13.4. The largest absolute Gasteiger partial charge is 0.497 e. The number of rotatable bonds is 6. The molecule has 1 aliphatic rings. The molecule has 1 aliphatic heterocycles. The second kappa shape index (κ2) is 7.59. The van der Waals surface area contributed by atoms with Crippen LogP contribution in [0.1, 0.15) is 11.1 Å². The second-order valence-corrected chi connectivity index (χ2v) is 5.29. The van der Waals surface area contributed by atoms with E-state index in [1.807, 2.05) is 42.5 Å². The van der Waals surface area contributed by atoms with Crippen molar-refractivity contribution in [3.05, 3.63) is 53.6 Å². The third kappa shape index (κ3) is 4.10. The summed E-state index contributed by atoms with van der Waals surface area (Å²) >= 11 is 0. The predicted octanol–water partition coefficient (Wildman–Crippen LogP) is 2.89. The van der Waals surface area contributed by atoms with Crippen LogP contribution < -0.4 is 19.5 Å². The topological polar surface area (TPSA) is 66.0 Å². The normalized spacial score (nSPS) is 11.9. The maximum atomic E-state index is 11.7. The first kappa shape index (κ1) is 16.0. The molecule has 6 heteroatoms. The summed E-state index contributed by atoms with van der Waals surface area (Å²) in [6, 6.07) is 13.1. The SMILES string of the molecule is COc1ccc(COC(=O)NCCc2ccc3c(c2)OCO3)cc1. The van der Waals surface area contributed by atoms with Crippen LogP contribution in [0.4, 0.5) is 4.79 Å². The van der Waals surface area contributed by atoms with Crippen molar-refractivity contribution in [3.63, 3.8) is 0 Å². The summed E-state index contributed by atoms with van der Waals surface area (Å²) in [4.78, 5) is 11.7. The highest BCUT2D eigenvalue weighted by atomic mass is 16.7. The molecule has 2 aromatic rings. The number of benzene rings is 2. The molecule has 0 aromatic heterocycles. The molecular weight excluding hydrogens is 310 g/mol. The lowest BCUT2D eigenvalue weighted by Crippen LogP contribution is -2.26. The van der Waals surface area contributed by atoms with Gasteiger partial charge in [-0.25, -0.2) is 4.79 Å². The van der Waals surface area contributed by atoms with Gasteiger partial charge in [-0.3, -0.25) is 0 Å². The van der Waals surface area contributed by atoms with E-state index in [1.54, 1.807) is 7.11 Å². The van der Waals surface area contributed by atoms with Gasteiger partial charge in [0.05, 0.1) is 7.11 Å². The molecule has 2 aromatic carbocycles. The molecule has 126 valence electrons. The van der Waals surface area contributed by atoms with Crippen molar-refractivity contribution in [1.82, 2.24) is 5.32 Å². The number of fused-ring (bicyclic) bond motifs is 1. The molecule has 0 bridgehead atoms. The van der Waals surface area contributed by atoms with E-state index < -0.39 is 6.09 Å². The number of nitrogens with one attached hydrogen (secondary N) is 1. The first-order valence-corrected chi connectivity index (χ1v) is 7.66. The van der Waals surface area contributed by atoms with Crippen molar-refractivity contribution in [2.45, 2.75) is 13.0 Å². The monoisotopic (exact) mass is 329 g/mol. The maximum Gasteiger partial charge on any atom is 0.407 e. The molecule has 0 saturated carbocycles. The van der Waals surface area contributed by atoms with Gasteiger partial charge in [-0.1, -0.05) is 18.2 Å². The van der Waals surface area contributed by atoms with Crippen LogP contribution in [0.3, 0.4) is 0 Å². The molecule has 0 unspecified atom stereocenters. The number of carbonyl (C=O) groups excluding carboxylic acids is 1. The summed E-state index contributed by atoms with van der Waals surface area (Å²) in [5.74, 6) is 2.27. The molecule has 0 radical (unpaired) electrons. The number of carbonyl (C=O) groups is 1. The number of methoxy groups -OCH3 is 1. The molecule has 1 N–H and O–H groups in total. The molecule has 0 spiro atoms. The van der Waals surface area contributed by atoms with Gasteiger partial charge in [0.2, 0.25) is 6.79 Å². The van der Waals surface area contributed by atoms with E-state index >= 15 is 0 Å². The smallest absolute Gasteiger partial charge is 0.407 e. The fraction of sp³-hybridized carbons (Fsp3) is 0.278. The Bertz CT molecular complexity index is 699. The van der Waals surface area contributed by atoms with Crippen LogP contribution in [-0.2, 0) is 17.8 Å². The van der Waals surface area contributed by atoms with E-state index in [2.05, 4.69) is 5.32 Å². The highest BCUT2D eigenvalue weighted by Crippen LogP contribution is 2.32. The minimum Gasteiger partial charge on any atom is -0.497 e. The molecule has 1 heterocycles. The van der Waals surface area contributed by atoms with Crippen LogP contribution in [0.15, 0.2) is 42.5 Å². The minimum atomic E-state index is -0.438. The lowest BCUT2D eigenvalue weighted by atomic mass is 10.1. The molecule has 3 rings (SSSR count). The van der Waals surface area contributed by atoms with Crippen LogP contribution in [0.5, 0.6) is 17.2 Å². The van der Waals surface area contributed by atoms with Crippen molar-refractivity contribution in [2.24, 2.45) is 0 Å². The van der Waals surface area contributed by atoms with Crippen LogP contribution in [-0.4, -0.2) is 26.5 Å². The van der Waals surface area contributed by atoms with Gasteiger partial charge in [0.25, 0.3) is 0 Å². The average Bonchev–Trinajstić information content (AvgIpc) is 3.08. The number of amides is 1. The second-order valence-electron chi connectivity index (χ2n) is 5.29. The molecule has 0 saturated heterocycles. The van der Waals surface area contributed by atoms with E-state index in [0.29, 0.717) is 13.0 Å². The summed E-state index contributed by atoms with van der Waals surface area (Å²) in [7, 11) is 1.61. The van der Waals surface area contributed by atoms with Crippen molar-refractivity contribution in [1.29, 1.82) is 0 Å². The van der Waals surface area contributed by atoms with Gasteiger partial charge in [-0.15, -0.1) is 0 Å². The fourth-order valence-corrected chi connectivity index (χ4v) is 2.33. The first-order chi connectivity index (χ1) is 11.7. The van der Waals surface area contributed by atoms with E-state index in [1.165, 1.54) is 0 Å². The Balaban J connectivity index is 1.39. The molecule has 1 amide bonds. The zero-order valence-corrected chi connectivity index (χ0v) is 13.4. The Kier molecular flexibility index (Phi) is 5.05. The Morgan fingerprint density at radius 1 is 1.08 bits per heavy atom. The number of hydrogen-bond donors (Lipinski definition) is 1. The van der Waals surface area contributed by atoms with Gasteiger partial charge in [-0.05, 0) is 41.8 Å². The third-order valence-electron chi connectivity index (χ3n) is 3.65. The highest BCUT2D eigenvalue weighted by Gasteiger charge is 2.13. The minimum absolute atomic E-state index is 0.222. The Morgan fingerprint density at radius 2 is 1.83 bits per heavy atom. The van der Waals surface area contributed by atoms with Crippen LogP contribution in [0, 0.1) is 0 Å². The fourth-order valence-electron chi connectivity index (χ4n) is 2.33. The summed E-state index contributed by atoms with van der Waals surface area (Å²) in [5, 5.41) is 2.73. The van der Waals surface area contributed by atoms with Crippen LogP contribution in [0.25, 0.3) is 0 Å². The van der Waals surface area contributed by atoms with Crippen LogP contribution in [0.2, 0.25) is 0 Å². The summed E-state index contributed by atoms with van der Waals surface area (Å²) < 4.78 is 20.9. The van der Waals surface area contributed by atoms with Gasteiger partial charge in [-0.2, -0.15) is 0 Å². The Hall–Kier alpha value is -2.89. The summed E-state index contributed by atoms with van der Waals surface area (Å²) in [6.45, 7) is 0.968. The van der Waals surface area contributed by atoms with Gasteiger partial charge < -0.3 is 24.3 Å². The molecule has 24 heavy (non-hydrogen) atoms. The lowest BCUT2D eigenvalue weighted by Gasteiger charge is -2.08. The van der Waals surface area contributed by atoms with Crippen molar-refractivity contribution in [2.75, 3.05) is 20.4 Å². The molecule has 0 atom stereocenters. The standard InChI is InChI=1S/C18H19NO5/c1-21-15-5-2-14(3-6-15)11-22-18(20)19-9-8-13-4-7-16-17(10-13)24-12-23-16/h2-7,10H,8-9,11-12H2,1H3,(H,19,20). The molecule has 0 aliphatic carbocycles. The molecule has 6 nitrogen and oxygen atoms in total. The van der Waals surface area contributed by atoms with Gasteiger partial charge >= 0.3 is 6.09 Å². The first-order valence-electron chi connectivity index (χ1n) is 7.66. The third-order valence-corrected chi connectivity index (χ3v) is 3.65. The van der Waals surface area contributed by atoms with E-state index in [0.717, 1.165) is 28.4 Å². The predicted molar refractivity (Wildman–Crippen MR) is 87.5 cm³/mol. The highest BCUT2D eigenvalue weighted by molar-refractivity contribution is 5.67. The lowest BCUT2D eigenvalue weighted by molar-refractivity contribution is 0.140. The Labute approximate surface area is 140 Å². The zero-order chi connectivity index (χ0) is 16.8. The quantitative estimate of drug-likeness (QED) is 0.883. The number of ether oxygens (including phenoxy) is 4. The van der Waals surface area contributed by atoms with Crippen molar-refractivity contribution >= 4 is 6.09 Å². The van der Waals surface area contributed by atoms with E-state index in [9.17, 15) is 4.79 Å². The van der Waals surface area contributed by atoms with E-state index in [-0.39, 0.29) is 13.4 Å². The Morgan fingerprint density at radius 3 is 2.62 bits per heavy atom. The van der Waals surface area contributed by atoms with Crippen molar-refractivity contribution in [3.8, 4) is 17.2 Å². The van der Waals surface area contributed by atoms with E-state index in [4.69, 9.17) is 18.9 Å². The molecule has 0 fully saturated rings. The summed E-state index contributed by atoms with van der Waals surface area (Å²) in [6.07, 6.45) is 0.250. The number of hydrogen-bond acceptors (Lipinski definition) is 5. The average molecular weight is 329 g/mol. The summed E-state index contributed by atoms with van der Waals surface area (Å²) in [5.41, 5.74) is 1.97. The van der Waals surface area contributed by atoms with Gasteiger partial charge in [0.1, 0.15) is 12.4 Å².